The van der Waals surface area contributed by atoms with Crippen molar-refractivity contribution in [2.45, 2.75) is 0 Å². The van der Waals surface area contributed by atoms with E-state index >= 15 is 0 Å². The van der Waals surface area contributed by atoms with Gasteiger partial charge in [0, 0.05) is 21.1 Å². The first-order valence-corrected chi connectivity index (χ1v) is 5.62. The number of amides is 2. The highest BCUT2D eigenvalue weighted by molar-refractivity contribution is 6.05. The van der Waals surface area contributed by atoms with Crippen LogP contribution in [0.25, 0.3) is 0 Å². The predicted molar refractivity (Wildman–Crippen MR) is 69.1 cm³/mol. The molecule has 6 heteroatoms. The van der Waals surface area contributed by atoms with Crippen LogP contribution in [0.1, 0.15) is 20.7 Å². The normalized spacial score (nSPS) is 9.84. The lowest BCUT2D eigenvalue weighted by Gasteiger charge is -2.20. The maximum absolute atomic E-state index is 12.1. The third-order valence-corrected chi connectivity index (χ3v) is 2.61. The van der Waals surface area contributed by atoms with Crippen LogP contribution >= 0.6 is 0 Å². The molecule has 0 bridgehead atoms. The molecule has 0 aliphatic heterocycles. The number of carbonyl (C=O) groups is 3. The molecule has 102 valence electrons. The Morgan fingerprint density at radius 3 is 2.05 bits per heavy atom. The number of carbonyl (C=O) groups excluding carboxylic acids is 2. The molecule has 1 aromatic carbocycles. The summed E-state index contributed by atoms with van der Waals surface area (Å²) >= 11 is 0. The van der Waals surface area contributed by atoms with Crippen LogP contribution in [0.5, 0.6) is 0 Å². The average molecular weight is 264 g/mol. The molecule has 0 saturated carbocycles. The first kappa shape index (κ1) is 14.7. The summed E-state index contributed by atoms with van der Waals surface area (Å²) in [4.78, 5) is 37.2. The van der Waals surface area contributed by atoms with Crippen LogP contribution < -0.4 is 0 Å². The van der Waals surface area contributed by atoms with E-state index < -0.39 is 11.9 Å². The molecule has 6 nitrogen and oxygen atoms in total. The minimum absolute atomic E-state index is 0.0725. The smallest absolute Gasteiger partial charge is 0.336 e. The number of likely N-dealkylation sites (N-methyl/N-ethyl adjacent to an activating group) is 2. The van der Waals surface area contributed by atoms with Crippen LogP contribution in [0.2, 0.25) is 0 Å². The maximum atomic E-state index is 12.1. The standard InChI is InChI=1S/C13H16N2O4/c1-14(2)11(16)8-15(3)12(17)9-6-4-5-7-10(9)13(18)19/h4-7H,8H2,1-3H3,(H,18,19). The molecule has 0 aliphatic rings. The zero-order chi connectivity index (χ0) is 14.6. The molecule has 0 atom stereocenters. The van der Waals surface area contributed by atoms with E-state index in [-0.39, 0.29) is 23.6 Å². The highest BCUT2D eigenvalue weighted by Crippen LogP contribution is 2.11. The zero-order valence-corrected chi connectivity index (χ0v) is 11.1. The molecule has 0 aromatic heterocycles. The summed E-state index contributed by atoms with van der Waals surface area (Å²) in [5.41, 5.74) is 0.000656. The van der Waals surface area contributed by atoms with Gasteiger partial charge < -0.3 is 14.9 Å². The van der Waals surface area contributed by atoms with Crippen molar-refractivity contribution in [3.8, 4) is 0 Å². The lowest BCUT2D eigenvalue weighted by Crippen LogP contribution is -2.38. The Kier molecular flexibility index (Phi) is 4.63. The maximum Gasteiger partial charge on any atom is 0.336 e. The molecule has 0 radical (unpaired) electrons. The molecule has 0 fully saturated rings. The van der Waals surface area contributed by atoms with Crippen LogP contribution in [0.4, 0.5) is 0 Å². The summed E-state index contributed by atoms with van der Waals surface area (Å²) in [5, 5.41) is 9.02. The Balaban J connectivity index is 2.95. The molecule has 0 saturated heterocycles. The fourth-order valence-corrected chi connectivity index (χ4v) is 1.48. The van der Waals surface area contributed by atoms with Gasteiger partial charge in [0.25, 0.3) is 5.91 Å². The second-order valence-electron chi connectivity index (χ2n) is 4.30. The molecule has 0 unspecified atom stereocenters. The molecule has 2 amide bonds. The van der Waals surface area contributed by atoms with Crippen molar-refractivity contribution < 1.29 is 19.5 Å². The van der Waals surface area contributed by atoms with E-state index in [1.807, 2.05) is 0 Å². The van der Waals surface area contributed by atoms with Gasteiger partial charge in [-0.2, -0.15) is 0 Å². The topological polar surface area (TPSA) is 77.9 Å². The van der Waals surface area contributed by atoms with Gasteiger partial charge in [-0.3, -0.25) is 9.59 Å². The Bertz CT molecular complexity index is 511. The first-order chi connectivity index (χ1) is 8.84. The molecule has 0 heterocycles. The number of rotatable bonds is 4. The second-order valence-corrected chi connectivity index (χ2v) is 4.30. The Labute approximate surface area is 111 Å². The summed E-state index contributed by atoms with van der Waals surface area (Å²) < 4.78 is 0. The Morgan fingerprint density at radius 2 is 1.58 bits per heavy atom. The van der Waals surface area contributed by atoms with Crippen molar-refractivity contribution in [1.82, 2.24) is 9.80 Å². The largest absolute Gasteiger partial charge is 0.478 e. The molecule has 19 heavy (non-hydrogen) atoms. The highest BCUT2D eigenvalue weighted by Gasteiger charge is 2.20. The Hall–Kier alpha value is -2.37. The lowest BCUT2D eigenvalue weighted by atomic mass is 10.1. The number of benzene rings is 1. The SMILES string of the molecule is CN(C)C(=O)CN(C)C(=O)c1ccccc1C(=O)O. The van der Waals surface area contributed by atoms with E-state index in [4.69, 9.17) is 5.11 Å². The van der Waals surface area contributed by atoms with Crippen molar-refractivity contribution in [1.29, 1.82) is 0 Å². The van der Waals surface area contributed by atoms with Gasteiger partial charge >= 0.3 is 5.97 Å². The van der Waals surface area contributed by atoms with Crippen LogP contribution in [0.15, 0.2) is 24.3 Å². The minimum atomic E-state index is -1.17. The van der Waals surface area contributed by atoms with Gasteiger partial charge in [-0.25, -0.2) is 4.79 Å². The van der Waals surface area contributed by atoms with Crippen molar-refractivity contribution in [2.24, 2.45) is 0 Å². The molecular formula is C13H16N2O4. The lowest BCUT2D eigenvalue weighted by molar-refractivity contribution is -0.129. The summed E-state index contributed by atoms with van der Waals surface area (Å²) in [6.45, 7) is -0.0974. The molecule has 1 rings (SSSR count). The van der Waals surface area contributed by atoms with Gasteiger partial charge in [0.15, 0.2) is 0 Å². The number of hydrogen-bond acceptors (Lipinski definition) is 3. The van der Waals surface area contributed by atoms with Gasteiger partial charge in [0.05, 0.1) is 17.7 Å². The predicted octanol–water partition coefficient (Wildman–Crippen LogP) is 0.545. The summed E-state index contributed by atoms with van der Waals surface area (Å²) in [6, 6.07) is 5.92. The molecular weight excluding hydrogens is 248 g/mol. The number of carboxylic acids is 1. The van der Waals surface area contributed by atoms with Crippen LogP contribution in [-0.4, -0.2) is 60.4 Å². The van der Waals surface area contributed by atoms with Gasteiger partial charge in [0.1, 0.15) is 0 Å². The van der Waals surface area contributed by atoms with Crippen molar-refractivity contribution in [2.75, 3.05) is 27.7 Å². The molecule has 1 N–H and O–H groups in total. The monoisotopic (exact) mass is 264 g/mol. The third kappa shape index (κ3) is 3.54. The number of nitrogens with zero attached hydrogens (tertiary/aromatic N) is 2. The number of hydrogen-bond donors (Lipinski definition) is 1. The molecule has 1 aromatic rings. The Morgan fingerprint density at radius 1 is 1.05 bits per heavy atom. The van der Waals surface area contributed by atoms with Crippen molar-refractivity contribution in [3.05, 3.63) is 35.4 Å². The van der Waals surface area contributed by atoms with Gasteiger partial charge in [0.2, 0.25) is 5.91 Å². The summed E-state index contributed by atoms with van der Waals surface area (Å²) in [6.07, 6.45) is 0. The van der Waals surface area contributed by atoms with E-state index in [1.54, 1.807) is 26.2 Å². The number of carboxylic acid groups (broad SMARTS) is 1. The van der Waals surface area contributed by atoms with Gasteiger partial charge in [-0.1, -0.05) is 12.1 Å². The molecule has 0 aliphatic carbocycles. The fourth-order valence-electron chi connectivity index (χ4n) is 1.48. The summed E-state index contributed by atoms with van der Waals surface area (Å²) in [5.74, 6) is -1.90. The van der Waals surface area contributed by atoms with Gasteiger partial charge in [-0.15, -0.1) is 0 Å². The van der Waals surface area contributed by atoms with E-state index in [1.165, 1.54) is 29.0 Å². The van der Waals surface area contributed by atoms with Crippen LogP contribution in [0, 0.1) is 0 Å². The molecule has 0 spiro atoms. The fraction of sp³-hybridized carbons (Fsp3) is 0.308. The third-order valence-electron chi connectivity index (χ3n) is 2.61. The second kappa shape index (κ2) is 5.99. The van der Waals surface area contributed by atoms with Crippen molar-refractivity contribution >= 4 is 17.8 Å². The minimum Gasteiger partial charge on any atom is -0.478 e. The number of aromatic carboxylic acids is 1. The van der Waals surface area contributed by atoms with Gasteiger partial charge in [-0.05, 0) is 12.1 Å². The average Bonchev–Trinajstić information content (AvgIpc) is 2.37. The van der Waals surface area contributed by atoms with Crippen molar-refractivity contribution in [3.63, 3.8) is 0 Å². The van der Waals surface area contributed by atoms with Crippen LogP contribution in [0.3, 0.4) is 0 Å². The van der Waals surface area contributed by atoms with E-state index in [2.05, 4.69) is 0 Å². The zero-order valence-electron chi connectivity index (χ0n) is 11.1. The van der Waals surface area contributed by atoms with E-state index in [9.17, 15) is 14.4 Å². The quantitative estimate of drug-likeness (QED) is 0.861. The van der Waals surface area contributed by atoms with E-state index in [0.29, 0.717) is 0 Å². The summed E-state index contributed by atoms with van der Waals surface area (Å²) in [7, 11) is 4.64. The first-order valence-electron chi connectivity index (χ1n) is 5.62. The van der Waals surface area contributed by atoms with E-state index in [0.717, 1.165) is 0 Å². The van der Waals surface area contributed by atoms with Crippen LogP contribution in [-0.2, 0) is 4.79 Å². The highest BCUT2D eigenvalue weighted by atomic mass is 16.4.